The molecule has 2 heterocycles. The molecule has 1 aliphatic rings. The molecule has 2 rings (SSSR count). The van der Waals surface area contributed by atoms with E-state index in [-0.39, 0.29) is 5.91 Å². The van der Waals surface area contributed by atoms with Crippen molar-refractivity contribution in [2.24, 2.45) is 0 Å². The van der Waals surface area contributed by atoms with Crippen molar-refractivity contribution < 1.29 is 4.79 Å². The molecule has 0 N–H and O–H groups in total. The highest BCUT2D eigenvalue weighted by Gasteiger charge is 2.27. The Kier molecular flexibility index (Phi) is 4.86. The molecule has 17 heavy (non-hydrogen) atoms. The van der Waals surface area contributed by atoms with E-state index in [0.717, 1.165) is 37.8 Å². The first-order valence-electron chi connectivity index (χ1n) is 6.18. The molecule has 0 aliphatic carbocycles. The average molecular weight is 272 g/mol. The molecule has 1 atom stereocenters. The third-order valence-corrected chi connectivity index (χ3v) is 4.30. The van der Waals surface area contributed by atoms with Gasteiger partial charge in [0.2, 0.25) is 5.91 Å². The molecule has 2 nitrogen and oxygen atoms in total. The van der Waals surface area contributed by atoms with Crippen LogP contribution in [0.1, 0.15) is 31.2 Å². The molecule has 1 aliphatic heterocycles. The first kappa shape index (κ1) is 12.9. The molecule has 4 heteroatoms. The molecule has 1 fully saturated rings. The highest BCUT2D eigenvalue weighted by atomic mass is 35.5. The summed E-state index contributed by atoms with van der Waals surface area (Å²) in [6.45, 7) is 0.927. The summed E-state index contributed by atoms with van der Waals surface area (Å²) in [6.07, 6.45) is 4.91. The summed E-state index contributed by atoms with van der Waals surface area (Å²) in [7, 11) is 0. The van der Waals surface area contributed by atoms with Crippen LogP contribution in [0, 0.1) is 0 Å². The summed E-state index contributed by atoms with van der Waals surface area (Å²) in [5, 5.41) is 4.08. The van der Waals surface area contributed by atoms with E-state index in [9.17, 15) is 4.79 Å². The monoisotopic (exact) mass is 271 g/mol. The number of halogens is 1. The second-order valence-electron chi connectivity index (χ2n) is 4.52. The summed E-state index contributed by atoms with van der Waals surface area (Å²) in [6, 6.07) is 2.46. The molecule has 0 bridgehead atoms. The molecule has 1 unspecified atom stereocenters. The van der Waals surface area contributed by atoms with E-state index in [1.165, 1.54) is 0 Å². The van der Waals surface area contributed by atoms with Gasteiger partial charge >= 0.3 is 0 Å². The number of rotatable bonds is 5. The highest BCUT2D eigenvalue weighted by Crippen LogP contribution is 2.22. The highest BCUT2D eigenvalue weighted by molar-refractivity contribution is 7.07. The van der Waals surface area contributed by atoms with Crippen molar-refractivity contribution in [3.8, 4) is 0 Å². The largest absolute Gasteiger partial charge is 0.339 e. The van der Waals surface area contributed by atoms with E-state index in [2.05, 4.69) is 10.3 Å². The third kappa shape index (κ3) is 3.46. The second-order valence-corrected chi connectivity index (χ2v) is 5.68. The standard InChI is InChI=1S/C13H18ClNOS/c14-6-1-3-12-4-2-7-15(12)13(16)9-11-5-8-17-10-11/h5,8,10,12H,1-4,6-7,9H2. The zero-order chi connectivity index (χ0) is 12.1. The van der Waals surface area contributed by atoms with Crippen LogP contribution in [0.15, 0.2) is 16.8 Å². The first-order chi connectivity index (χ1) is 8.31. The van der Waals surface area contributed by atoms with Crippen LogP contribution in [0.2, 0.25) is 0 Å². The van der Waals surface area contributed by atoms with Crippen molar-refractivity contribution in [1.29, 1.82) is 0 Å². The zero-order valence-electron chi connectivity index (χ0n) is 9.90. The maximum absolute atomic E-state index is 12.2. The minimum Gasteiger partial charge on any atom is -0.339 e. The number of thiophene rings is 1. The van der Waals surface area contributed by atoms with Gasteiger partial charge in [-0.05, 0) is 48.1 Å². The lowest BCUT2D eigenvalue weighted by molar-refractivity contribution is -0.131. The quantitative estimate of drug-likeness (QED) is 0.753. The summed E-state index contributed by atoms with van der Waals surface area (Å²) in [5.74, 6) is 0.976. The van der Waals surface area contributed by atoms with Gasteiger partial charge in [-0.15, -0.1) is 11.6 Å². The average Bonchev–Trinajstić information content (AvgIpc) is 2.96. The Balaban J connectivity index is 1.89. The predicted octanol–water partition coefficient (Wildman–Crippen LogP) is 3.30. The van der Waals surface area contributed by atoms with E-state index in [1.54, 1.807) is 11.3 Å². The molecule has 1 aromatic heterocycles. The Hall–Kier alpha value is -0.540. The van der Waals surface area contributed by atoms with Crippen LogP contribution >= 0.6 is 22.9 Å². The van der Waals surface area contributed by atoms with Gasteiger partial charge in [0, 0.05) is 18.5 Å². The number of hydrogen-bond donors (Lipinski definition) is 0. The molecule has 1 amide bonds. The SMILES string of the molecule is O=C(Cc1ccsc1)N1CCCC1CCCCl. The van der Waals surface area contributed by atoms with E-state index in [0.29, 0.717) is 18.3 Å². The van der Waals surface area contributed by atoms with Crippen LogP contribution in [-0.4, -0.2) is 29.3 Å². The molecule has 0 radical (unpaired) electrons. The fourth-order valence-corrected chi connectivity index (χ4v) is 3.27. The smallest absolute Gasteiger partial charge is 0.227 e. The van der Waals surface area contributed by atoms with Gasteiger partial charge < -0.3 is 4.90 Å². The number of amides is 1. The van der Waals surface area contributed by atoms with Gasteiger partial charge in [-0.3, -0.25) is 4.79 Å². The normalized spacial score (nSPS) is 19.8. The number of hydrogen-bond acceptors (Lipinski definition) is 2. The van der Waals surface area contributed by atoms with E-state index in [4.69, 9.17) is 11.6 Å². The summed E-state index contributed by atoms with van der Waals surface area (Å²) >= 11 is 7.37. The minimum absolute atomic E-state index is 0.278. The third-order valence-electron chi connectivity index (χ3n) is 3.30. The van der Waals surface area contributed by atoms with Gasteiger partial charge in [-0.1, -0.05) is 0 Å². The first-order valence-corrected chi connectivity index (χ1v) is 7.65. The van der Waals surface area contributed by atoms with Crippen LogP contribution in [0.25, 0.3) is 0 Å². The summed E-state index contributed by atoms with van der Waals surface area (Å²) in [4.78, 5) is 14.2. The fourth-order valence-electron chi connectivity index (χ4n) is 2.45. The minimum atomic E-state index is 0.278. The van der Waals surface area contributed by atoms with E-state index < -0.39 is 0 Å². The Morgan fingerprint density at radius 3 is 3.18 bits per heavy atom. The van der Waals surface area contributed by atoms with Crippen LogP contribution in [0.4, 0.5) is 0 Å². The van der Waals surface area contributed by atoms with Crippen LogP contribution in [0.3, 0.4) is 0 Å². The van der Waals surface area contributed by atoms with Gasteiger partial charge in [0.15, 0.2) is 0 Å². The lowest BCUT2D eigenvalue weighted by Crippen LogP contribution is -2.36. The number of likely N-dealkylation sites (tertiary alicyclic amines) is 1. The lowest BCUT2D eigenvalue weighted by atomic mass is 10.1. The van der Waals surface area contributed by atoms with Crippen molar-refractivity contribution in [1.82, 2.24) is 4.90 Å². The Bertz CT molecular complexity index is 352. The number of carbonyl (C=O) groups is 1. The van der Waals surface area contributed by atoms with Crippen molar-refractivity contribution in [3.63, 3.8) is 0 Å². The van der Waals surface area contributed by atoms with Crippen molar-refractivity contribution in [2.45, 2.75) is 38.1 Å². The predicted molar refractivity (Wildman–Crippen MR) is 72.7 cm³/mol. The molecule has 0 aromatic carbocycles. The van der Waals surface area contributed by atoms with Gasteiger partial charge in [0.25, 0.3) is 0 Å². The molecule has 1 saturated heterocycles. The van der Waals surface area contributed by atoms with Crippen LogP contribution in [0.5, 0.6) is 0 Å². The van der Waals surface area contributed by atoms with Crippen molar-refractivity contribution in [2.75, 3.05) is 12.4 Å². The summed E-state index contributed by atoms with van der Waals surface area (Å²) < 4.78 is 0. The number of carbonyl (C=O) groups excluding carboxylic acids is 1. The van der Waals surface area contributed by atoms with Gasteiger partial charge in [-0.2, -0.15) is 11.3 Å². The lowest BCUT2D eigenvalue weighted by Gasteiger charge is -2.24. The van der Waals surface area contributed by atoms with Crippen molar-refractivity contribution >= 4 is 28.8 Å². The molecular formula is C13H18ClNOS. The molecule has 0 spiro atoms. The number of nitrogens with zero attached hydrogens (tertiary/aromatic N) is 1. The topological polar surface area (TPSA) is 20.3 Å². The maximum atomic E-state index is 12.2. The van der Waals surface area contributed by atoms with Gasteiger partial charge in [0.1, 0.15) is 0 Å². The summed E-state index contributed by atoms with van der Waals surface area (Å²) in [5.41, 5.74) is 1.14. The molecule has 94 valence electrons. The van der Waals surface area contributed by atoms with Crippen LogP contribution < -0.4 is 0 Å². The van der Waals surface area contributed by atoms with Crippen LogP contribution in [-0.2, 0) is 11.2 Å². The fraction of sp³-hybridized carbons (Fsp3) is 0.615. The van der Waals surface area contributed by atoms with E-state index >= 15 is 0 Å². The van der Waals surface area contributed by atoms with Crippen molar-refractivity contribution in [3.05, 3.63) is 22.4 Å². The van der Waals surface area contributed by atoms with Gasteiger partial charge in [0.05, 0.1) is 6.42 Å². The Labute approximate surface area is 112 Å². The molecule has 0 saturated carbocycles. The Morgan fingerprint density at radius 2 is 2.47 bits per heavy atom. The van der Waals surface area contributed by atoms with E-state index in [1.807, 2.05) is 11.4 Å². The number of alkyl halides is 1. The molecule has 1 aromatic rings. The zero-order valence-corrected chi connectivity index (χ0v) is 11.5. The maximum Gasteiger partial charge on any atom is 0.227 e. The van der Waals surface area contributed by atoms with Gasteiger partial charge in [-0.25, -0.2) is 0 Å². The Morgan fingerprint density at radius 1 is 1.59 bits per heavy atom. The molecular weight excluding hydrogens is 254 g/mol. The second kappa shape index (κ2) is 6.41.